The molecular formula is C10H7F4NO3. The molecule has 1 rings (SSSR count). The van der Waals surface area contributed by atoms with Gasteiger partial charge in [0.15, 0.2) is 6.10 Å². The number of rotatable bonds is 3. The van der Waals surface area contributed by atoms with Crippen LogP contribution in [0.3, 0.4) is 0 Å². The van der Waals surface area contributed by atoms with E-state index in [-0.39, 0.29) is 0 Å². The first-order chi connectivity index (χ1) is 8.24. The molecule has 1 aromatic rings. The maximum atomic E-state index is 13.2. The van der Waals surface area contributed by atoms with E-state index in [1.165, 1.54) is 6.07 Å². The summed E-state index contributed by atoms with van der Waals surface area (Å²) in [5.41, 5.74) is -0.661. The highest BCUT2D eigenvalue weighted by Crippen LogP contribution is 2.28. The van der Waals surface area contributed by atoms with Gasteiger partial charge in [-0.1, -0.05) is 0 Å². The molecule has 2 N–H and O–H groups in total. The minimum Gasteiger partial charge on any atom is -0.406 e. The summed E-state index contributed by atoms with van der Waals surface area (Å²) in [6, 6.07) is 3.13. The van der Waals surface area contributed by atoms with Crippen LogP contribution in [-0.4, -0.2) is 22.7 Å². The van der Waals surface area contributed by atoms with Crippen molar-refractivity contribution in [2.45, 2.75) is 18.6 Å². The van der Waals surface area contributed by atoms with Gasteiger partial charge in [0.05, 0.1) is 6.07 Å². The topological polar surface area (TPSA) is 73.5 Å². The van der Waals surface area contributed by atoms with Gasteiger partial charge < -0.3 is 14.9 Å². The van der Waals surface area contributed by atoms with Crippen molar-refractivity contribution in [3.05, 3.63) is 29.6 Å². The average Bonchev–Trinajstić information content (AvgIpc) is 2.28. The predicted molar refractivity (Wildman–Crippen MR) is 49.7 cm³/mol. The highest BCUT2D eigenvalue weighted by Gasteiger charge is 2.32. The Morgan fingerprint density at radius 2 is 1.89 bits per heavy atom. The number of alkyl halides is 3. The van der Waals surface area contributed by atoms with Crippen LogP contribution in [0.5, 0.6) is 5.75 Å². The molecule has 1 aromatic carbocycles. The van der Waals surface area contributed by atoms with E-state index >= 15 is 0 Å². The number of halogens is 4. The molecule has 0 saturated carbocycles. The molecule has 0 aromatic heterocycles. The number of nitriles is 1. The number of benzene rings is 1. The molecular weight excluding hydrogens is 258 g/mol. The lowest BCUT2D eigenvalue weighted by Crippen LogP contribution is -2.19. The summed E-state index contributed by atoms with van der Waals surface area (Å²) < 4.78 is 52.5. The first-order valence-electron chi connectivity index (χ1n) is 4.55. The fraction of sp³-hybridized carbons (Fsp3) is 0.300. The Bertz CT molecular complexity index is 469. The molecule has 98 valence electrons. The maximum absolute atomic E-state index is 13.2. The molecule has 0 saturated heterocycles. The smallest absolute Gasteiger partial charge is 0.406 e. The molecule has 8 heteroatoms. The number of aliphatic hydroxyl groups excluding tert-OH is 2. The number of ether oxygens (including phenoxy) is 1. The molecule has 0 radical (unpaired) electrons. The molecule has 0 fully saturated rings. The van der Waals surface area contributed by atoms with Crippen LogP contribution in [0.15, 0.2) is 18.2 Å². The molecule has 0 amide bonds. The van der Waals surface area contributed by atoms with Gasteiger partial charge in [0.25, 0.3) is 0 Å². The van der Waals surface area contributed by atoms with Gasteiger partial charge in [0.2, 0.25) is 0 Å². The molecule has 0 bridgehead atoms. The van der Waals surface area contributed by atoms with E-state index in [1.807, 2.05) is 0 Å². The van der Waals surface area contributed by atoms with E-state index in [2.05, 4.69) is 4.74 Å². The van der Waals surface area contributed by atoms with Gasteiger partial charge >= 0.3 is 6.36 Å². The summed E-state index contributed by atoms with van der Waals surface area (Å²) in [6.07, 6.45) is -8.89. The van der Waals surface area contributed by atoms with Crippen LogP contribution in [0.4, 0.5) is 17.6 Å². The number of hydrogen-bond donors (Lipinski definition) is 2. The monoisotopic (exact) mass is 265 g/mol. The van der Waals surface area contributed by atoms with E-state index in [0.29, 0.717) is 18.2 Å². The van der Waals surface area contributed by atoms with Gasteiger partial charge in [-0.25, -0.2) is 4.39 Å². The Hall–Kier alpha value is -1.85. The number of nitrogens with zero attached hydrogens (tertiary/aromatic N) is 1. The lowest BCUT2D eigenvalue weighted by atomic mass is 10.0. The molecule has 2 atom stereocenters. The largest absolute Gasteiger partial charge is 0.573 e. The van der Waals surface area contributed by atoms with Crippen molar-refractivity contribution in [1.29, 1.82) is 5.26 Å². The molecule has 0 spiro atoms. The highest BCUT2D eigenvalue weighted by atomic mass is 19.4. The van der Waals surface area contributed by atoms with Crippen molar-refractivity contribution < 1.29 is 32.5 Å². The van der Waals surface area contributed by atoms with Crippen molar-refractivity contribution in [2.75, 3.05) is 0 Å². The van der Waals surface area contributed by atoms with Gasteiger partial charge in [-0.15, -0.1) is 13.2 Å². The Balaban J connectivity index is 3.06. The predicted octanol–water partition coefficient (Wildman–Crippen LogP) is 1.64. The van der Waals surface area contributed by atoms with Crippen molar-refractivity contribution in [3.63, 3.8) is 0 Å². The van der Waals surface area contributed by atoms with Crippen molar-refractivity contribution in [2.24, 2.45) is 0 Å². The zero-order chi connectivity index (χ0) is 13.9. The zero-order valence-corrected chi connectivity index (χ0v) is 8.65. The fourth-order valence-electron chi connectivity index (χ4n) is 1.19. The van der Waals surface area contributed by atoms with Gasteiger partial charge in [-0.2, -0.15) is 5.26 Å². The number of aliphatic hydroxyl groups is 2. The third-order valence-electron chi connectivity index (χ3n) is 1.95. The number of hydrogen-bond acceptors (Lipinski definition) is 4. The Kier molecular flexibility index (Phi) is 4.11. The van der Waals surface area contributed by atoms with E-state index in [1.54, 1.807) is 0 Å². The second kappa shape index (κ2) is 5.20. The average molecular weight is 265 g/mol. The Morgan fingerprint density at radius 1 is 1.28 bits per heavy atom. The van der Waals surface area contributed by atoms with E-state index in [0.717, 1.165) is 0 Å². The van der Waals surface area contributed by atoms with Crippen molar-refractivity contribution in [1.82, 2.24) is 0 Å². The summed E-state index contributed by atoms with van der Waals surface area (Å²) in [5, 5.41) is 26.6. The molecule has 0 aliphatic carbocycles. The standard InChI is InChI=1S/C10H7F4NO3/c11-7-2-1-5(18-10(12,13)14)3-6(7)9(17)8(16)4-15/h1-3,8-9,16-17H. The van der Waals surface area contributed by atoms with Gasteiger partial charge in [0.1, 0.15) is 17.7 Å². The Morgan fingerprint density at radius 3 is 2.39 bits per heavy atom. The lowest BCUT2D eigenvalue weighted by molar-refractivity contribution is -0.274. The van der Waals surface area contributed by atoms with Crippen LogP contribution in [0, 0.1) is 17.1 Å². The summed E-state index contributed by atoms with van der Waals surface area (Å²) in [6.45, 7) is 0. The van der Waals surface area contributed by atoms with Crippen LogP contribution >= 0.6 is 0 Å². The summed E-state index contributed by atoms with van der Waals surface area (Å²) in [4.78, 5) is 0. The summed E-state index contributed by atoms with van der Waals surface area (Å²) in [5.74, 6) is -1.82. The normalized spacial score (nSPS) is 14.7. The molecule has 2 unspecified atom stereocenters. The summed E-state index contributed by atoms with van der Waals surface area (Å²) >= 11 is 0. The van der Waals surface area contributed by atoms with E-state index in [9.17, 15) is 22.7 Å². The van der Waals surface area contributed by atoms with E-state index in [4.69, 9.17) is 10.4 Å². The first kappa shape index (κ1) is 14.2. The van der Waals surface area contributed by atoms with E-state index < -0.39 is 35.7 Å². The minimum absolute atomic E-state index is 0.564. The van der Waals surface area contributed by atoms with Crippen molar-refractivity contribution in [3.8, 4) is 11.8 Å². The van der Waals surface area contributed by atoms with Crippen LogP contribution in [0.1, 0.15) is 11.7 Å². The SMILES string of the molecule is N#CC(O)C(O)c1cc(OC(F)(F)F)ccc1F. The molecule has 4 nitrogen and oxygen atoms in total. The second-order valence-electron chi connectivity index (χ2n) is 3.25. The second-order valence-corrected chi connectivity index (χ2v) is 3.25. The van der Waals surface area contributed by atoms with Crippen LogP contribution in [-0.2, 0) is 0 Å². The minimum atomic E-state index is -4.96. The third-order valence-corrected chi connectivity index (χ3v) is 1.95. The third kappa shape index (κ3) is 3.58. The lowest BCUT2D eigenvalue weighted by Gasteiger charge is -2.15. The van der Waals surface area contributed by atoms with Gasteiger partial charge in [-0.05, 0) is 18.2 Å². The molecule has 0 aliphatic heterocycles. The summed E-state index contributed by atoms with van der Waals surface area (Å²) in [7, 11) is 0. The zero-order valence-electron chi connectivity index (χ0n) is 8.65. The van der Waals surface area contributed by atoms with Gasteiger partial charge in [0, 0.05) is 5.56 Å². The van der Waals surface area contributed by atoms with Crippen molar-refractivity contribution >= 4 is 0 Å². The van der Waals surface area contributed by atoms with Crippen LogP contribution in [0.25, 0.3) is 0 Å². The molecule has 0 aliphatic rings. The van der Waals surface area contributed by atoms with Gasteiger partial charge in [-0.3, -0.25) is 0 Å². The fourth-order valence-corrected chi connectivity index (χ4v) is 1.19. The van der Waals surface area contributed by atoms with Crippen LogP contribution < -0.4 is 4.74 Å². The molecule has 18 heavy (non-hydrogen) atoms. The molecule has 0 heterocycles. The Labute approximate surface area is 98.6 Å². The quantitative estimate of drug-likeness (QED) is 0.643. The van der Waals surface area contributed by atoms with Crippen LogP contribution in [0.2, 0.25) is 0 Å². The highest BCUT2D eigenvalue weighted by molar-refractivity contribution is 5.32. The maximum Gasteiger partial charge on any atom is 0.573 e. The first-order valence-corrected chi connectivity index (χ1v) is 4.55.